The number of hydrogen-bond acceptors (Lipinski definition) is 2. The summed E-state index contributed by atoms with van der Waals surface area (Å²) in [5.41, 5.74) is 6.36. The first-order valence-electron chi connectivity index (χ1n) is 5.83. The smallest absolute Gasteiger partial charge is 0.234 e. The lowest BCUT2D eigenvalue weighted by atomic mass is 9.68. The fourth-order valence-electron chi connectivity index (χ4n) is 2.27. The van der Waals surface area contributed by atoms with Gasteiger partial charge in [-0.3, -0.25) is 4.79 Å². The Labute approximate surface area is 110 Å². The van der Waals surface area contributed by atoms with Crippen molar-refractivity contribution < 1.29 is 4.79 Å². The predicted molar refractivity (Wildman–Crippen MR) is 72.9 cm³/mol. The summed E-state index contributed by atoms with van der Waals surface area (Å²) in [5, 5.41) is 0. The summed E-state index contributed by atoms with van der Waals surface area (Å²) in [6.07, 6.45) is 2.94. The van der Waals surface area contributed by atoms with E-state index in [0.717, 1.165) is 29.4 Å². The molecule has 0 aliphatic heterocycles. The maximum atomic E-state index is 12.4. The van der Waals surface area contributed by atoms with Gasteiger partial charge in [-0.1, -0.05) is 28.4 Å². The van der Waals surface area contributed by atoms with Crippen molar-refractivity contribution in [2.75, 3.05) is 18.5 Å². The molecule has 0 spiro atoms. The molecule has 92 valence electrons. The molecule has 17 heavy (non-hydrogen) atoms. The predicted octanol–water partition coefficient (Wildman–Crippen LogP) is 2.54. The Kier molecular flexibility index (Phi) is 3.54. The number of rotatable bonds is 3. The van der Waals surface area contributed by atoms with Gasteiger partial charge in [-0.05, 0) is 31.0 Å². The minimum Gasteiger partial charge on any atom is -0.329 e. The summed E-state index contributed by atoms with van der Waals surface area (Å²) < 4.78 is 0.977. The summed E-state index contributed by atoms with van der Waals surface area (Å²) in [7, 11) is 1.82. The third-order valence-corrected chi connectivity index (χ3v) is 4.15. The molecule has 0 saturated heterocycles. The van der Waals surface area contributed by atoms with Crippen molar-refractivity contribution in [2.24, 2.45) is 11.1 Å². The van der Waals surface area contributed by atoms with Crippen LogP contribution in [-0.4, -0.2) is 19.5 Å². The number of halogens is 1. The molecule has 1 saturated carbocycles. The molecule has 1 aliphatic carbocycles. The number of nitrogens with zero attached hydrogens (tertiary/aromatic N) is 1. The van der Waals surface area contributed by atoms with E-state index in [-0.39, 0.29) is 11.3 Å². The van der Waals surface area contributed by atoms with E-state index >= 15 is 0 Å². The Morgan fingerprint density at radius 1 is 1.53 bits per heavy atom. The van der Waals surface area contributed by atoms with Crippen LogP contribution in [-0.2, 0) is 4.79 Å². The molecular weight excluding hydrogens is 280 g/mol. The Hall–Kier alpha value is -0.870. The zero-order valence-corrected chi connectivity index (χ0v) is 11.5. The number of hydrogen-bond donors (Lipinski definition) is 1. The standard InChI is InChI=1S/C13H17BrN2O/c1-16(11-5-2-4-10(14)8-11)12(17)13(9-15)6-3-7-13/h2,4-5,8H,3,6-7,9,15H2,1H3. The van der Waals surface area contributed by atoms with Crippen molar-refractivity contribution in [3.63, 3.8) is 0 Å². The molecular formula is C13H17BrN2O. The van der Waals surface area contributed by atoms with Crippen molar-refractivity contribution >= 4 is 27.5 Å². The number of amides is 1. The van der Waals surface area contributed by atoms with Crippen LogP contribution in [0.5, 0.6) is 0 Å². The van der Waals surface area contributed by atoms with Gasteiger partial charge in [-0.15, -0.1) is 0 Å². The van der Waals surface area contributed by atoms with Crippen molar-refractivity contribution in [2.45, 2.75) is 19.3 Å². The van der Waals surface area contributed by atoms with Gasteiger partial charge < -0.3 is 10.6 Å². The SMILES string of the molecule is CN(C(=O)C1(CN)CCC1)c1cccc(Br)c1. The number of anilines is 1. The minimum absolute atomic E-state index is 0.143. The largest absolute Gasteiger partial charge is 0.329 e. The topological polar surface area (TPSA) is 46.3 Å². The molecule has 2 N–H and O–H groups in total. The van der Waals surface area contributed by atoms with Gasteiger partial charge in [0.25, 0.3) is 0 Å². The van der Waals surface area contributed by atoms with Crippen LogP contribution in [0.15, 0.2) is 28.7 Å². The normalized spacial score (nSPS) is 17.4. The number of carbonyl (C=O) groups excluding carboxylic acids is 1. The highest BCUT2D eigenvalue weighted by atomic mass is 79.9. The molecule has 0 heterocycles. The summed E-state index contributed by atoms with van der Waals surface area (Å²) >= 11 is 3.42. The third-order valence-electron chi connectivity index (χ3n) is 3.66. The molecule has 1 aromatic rings. The minimum atomic E-state index is -0.308. The second-order valence-electron chi connectivity index (χ2n) is 4.68. The van der Waals surface area contributed by atoms with E-state index in [2.05, 4.69) is 15.9 Å². The van der Waals surface area contributed by atoms with Crippen LogP contribution in [0, 0.1) is 5.41 Å². The molecule has 1 amide bonds. The van der Waals surface area contributed by atoms with Gasteiger partial charge in [0.2, 0.25) is 5.91 Å². The van der Waals surface area contributed by atoms with Gasteiger partial charge in [-0.2, -0.15) is 0 Å². The lowest BCUT2D eigenvalue weighted by Gasteiger charge is -2.41. The monoisotopic (exact) mass is 296 g/mol. The Bertz CT molecular complexity index is 424. The van der Waals surface area contributed by atoms with Crippen molar-refractivity contribution in [3.8, 4) is 0 Å². The second-order valence-corrected chi connectivity index (χ2v) is 5.60. The molecule has 0 bridgehead atoms. The zero-order chi connectivity index (χ0) is 12.5. The van der Waals surface area contributed by atoms with Gasteiger partial charge in [0.1, 0.15) is 0 Å². The molecule has 0 unspecified atom stereocenters. The molecule has 0 atom stereocenters. The Balaban J connectivity index is 2.20. The molecule has 1 aliphatic rings. The second kappa shape index (κ2) is 4.78. The van der Waals surface area contributed by atoms with Gasteiger partial charge in [-0.25, -0.2) is 0 Å². The van der Waals surface area contributed by atoms with Gasteiger partial charge in [0.05, 0.1) is 5.41 Å². The molecule has 1 fully saturated rings. The van der Waals surface area contributed by atoms with Gasteiger partial charge in [0, 0.05) is 23.8 Å². The molecule has 4 heteroatoms. The lowest BCUT2D eigenvalue weighted by molar-refractivity contribution is -0.131. The van der Waals surface area contributed by atoms with E-state index in [1.807, 2.05) is 31.3 Å². The fraction of sp³-hybridized carbons (Fsp3) is 0.462. The average molecular weight is 297 g/mol. The highest BCUT2D eigenvalue weighted by Gasteiger charge is 2.44. The molecule has 0 aromatic heterocycles. The summed E-state index contributed by atoms with van der Waals surface area (Å²) in [6, 6.07) is 7.76. The van der Waals surface area contributed by atoms with Crippen LogP contribution in [0.2, 0.25) is 0 Å². The van der Waals surface area contributed by atoms with Crippen LogP contribution in [0.25, 0.3) is 0 Å². The van der Waals surface area contributed by atoms with E-state index in [0.29, 0.717) is 6.54 Å². The fourth-order valence-corrected chi connectivity index (χ4v) is 2.65. The maximum absolute atomic E-state index is 12.4. The zero-order valence-electron chi connectivity index (χ0n) is 9.95. The highest BCUT2D eigenvalue weighted by molar-refractivity contribution is 9.10. The molecule has 0 radical (unpaired) electrons. The van der Waals surface area contributed by atoms with E-state index < -0.39 is 0 Å². The third kappa shape index (κ3) is 2.24. The van der Waals surface area contributed by atoms with E-state index in [9.17, 15) is 4.79 Å². The lowest BCUT2D eigenvalue weighted by Crippen LogP contribution is -2.51. The first kappa shape index (κ1) is 12.6. The highest BCUT2D eigenvalue weighted by Crippen LogP contribution is 2.42. The van der Waals surface area contributed by atoms with E-state index in [1.54, 1.807) is 4.90 Å². The summed E-state index contributed by atoms with van der Waals surface area (Å²) in [4.78, 5) is 14.1. The Morgan fingerprint density at radius 3 is 2.71 bits per heavy atom. The Morgan fingerprint density at radius 2 is 2.24 bits per heavy atom. The summed E-state index contributed by atoms with van der Waals surface area (Å²) in [6.45, 7) is 0.449. The average Bonchev–Trinajstić information content (AvgIpc) is 2.27. The van der Waals surface area contributed by atoms with Crippen LogP contribution in [0.1, 0.15) is 19.3 Å². The van der Waals surface area contributed by atoms with Crippen LogP contribution in [0.4, 0.5) is 5.69 Å². The summed E-state index contributed by atoms with van der Waals surface area (Å²) in [5.74, 6) is 0.143. The molecule has 3 nitrogen and oxygen atoms in total. The molecule has 1 aromatic carbocycles. The van der Waals surface area contributed by atoms with Crippen LogP contribution >= 0.6 is 15.9 Å². The first-order chi connectivity index (χ1) is 8.09. The van der Waals surface area contributed by atoms with Crippen LogP contribution < -0.4 is 10.6 Å². The van der Waals surface area contributed by atoms with Gasteiger partial charge >= 0.3 is 0 Å². The maximum Gasteiger partial charge on any atom is 0.234 e. The first-order valence-corrected chi connectivity index (χ1v) is 6.62. The quantitative estimate of drug-likeness (QED) is 0.932. The number of benzene rings is 1. The van der Waals surface area contributed by atoms with Crippen molar-refractivity contribution in [3.05, 3.63) is 28.7 Å². The number of carbonyl (C=O) groups is 1. The van der Waals surface area contributed by atoms with Crippen molar-refractivity contribution in [1.29, 1.82) is 0 Å². The van der Waals surface area contributed by atoms with Crippen LogP contribution in [0.3, 0.4) is 0 Å². The number of nitrogens with two attached hydrogens (primary N) is 1. The van der Waals surface area contributed by atoms with Crippen molar-refractivity contribution in [1.82, 2.24) is 0 Å². The molecule has 2 rings (SSSR count). The van der Waals surface area contributed by atoms with E-state index in [4.69, 9.17) is 5.73 Å². The van der Waals surface area contributed by atoms with E-state index in [1.165, 1.54) is 0 Å². The van der Waals surface area contributed by atoms with Gasteiger partial charge in [0.15, 0.2) is 0 Å².